The predicted molar refractivity (Wildman–Crippen MR) is 69.0 cm³/mol. The molecule has 0 aliphatic heterocycles. The summed E-state index contributed by atoms with van der Waals surface area (Å²) >= 11 is 5.59. The number of carbonyl (C=O) groups excluding carboxylic acids is 1. The molecule has 0 atom stereocenters. The van der Waals surface area contributed by atoms with Gasteiger partial charge in [0.1, 0.15) is 0 Å². The predicted octanol–water partition coefficient (Wildman–Crippen LogP) is 0.939. The Morgan fingerprint density at radius 3 is 2.53 bits per heavy atom. The van der Waals surface area contributed by atoms with Crippen LogP contribution in [-0.2, 0) is 0 Å². The van der Waals surface area contributed by atoms with Gasteiger partial charge in [-0.3, -0.25) is 5.43 Å². The number of aromatic nitrogens is 2. The number of carboxylic acids is 1. The molecule has 0 radical (unpaired) electrons. The van der Waals surface area contributed by atoms with Crippen LogP contribution in [0, 0.1) is 0 Å². The van der Waals surface area contributed by atoms with Crippen LogP contribution in [-0.4, -0.2) is 22.4 Å². The minimum atomic E-state index is -1.21. The van der Waals surface area contributed by atoms with Gasteiger partial charge in [0.05, 0.1) is 12.2 Å². The van der Waals surface area contributed by atoms with Crippen LogP contribution in [0.5, 0.6) is 0 Å². The van der Waals surface area contributed by atoms with Gasteiger partial charge in [0.25, 0.3) is 0 Å². The molecule has 0 saturated heterocycles. The Morgan fingerprint density at radius 2 is 1.95 bits per heavy atom. The van der Waals surface area contributed by atoms with Gasteiger partial charge in [-0.1, -0.05) is 35.9 Å². The van der Waals surface area contributed by atoms with E-state index in [4.69, 9.17) is 11.6 Å². The van der Waals surface area contributed by atoms with Crippen LogP contribution in [0.25, 0.3) is 0 Å². The highest BCUT2D eigenvalue weighted by Crippen LogP contribution is 2.06. The maximum Gasteiger partial charge on any atom is 0.168 e. The van der Waals surface area contributed by atoms with Crippen molar-refractivity contribution < 1.29 is 9.90 Å². The van der Waals surface area contributed by atoms with Gasteiger partial charge in [-0.05, 0) is 23.3 Å². The molecule has 0 aliphatic rings. The monoisotopic (exact) mass is 275 g/mol. The van der Waals surface area contributed by atoms with Crippen molar-refractivity contribution in [1.29, 1.82) is 0 Å². The summed E-state index contributed by atoms with van der Waals surface area (Å²) in [5, 5.41) is 22.2. The molecule has 1 N–H and O–H groups in total. The number of hydrazone groups is 1. The number of rotatable bonds is 4. The van der Waals surface area contributed by atoms with Crippen LogP contribution >= 0.6 is 11.6 Å². The van der Waals surface area contributed by atoms with Crippen LogP contribution in [0.1, 0.15) is 15.9 Å². The minimum Gasteiger partial charge on any atom is -0.545 e. The summed E-state index contributed by atoms with van der Waals surface area (Å²) in [6.45, 7) is 0. The van der Waals surface area contributed by atoms with Crippen molar-refractivity contribution in [2.24, 2.45) is 5.10 Å². The normalized spacial score (nSPS) is 10.6. The molecule has 0 fully saturated rings. The molecule has 0 spiro atoms. The quantitative estimate of drug-likeness (QED) is 0.662. The zero-order valence-corrected chi connectivity index (χ0v) is 10.3. The number of carbonyl (C=O) groups is 1. The molecule has 7 heteroatoms. The van der Waals surface area contributed by atoms with Gasteiger partial charge in [0, 0.05) is 0 Å². The lowest BCUT2D eigenvalue weighted by Crippen LogP contribution is -2.21. The zero-order chi connectivity index (χ0) is 13.7. The number of hydrogen-bond donors (Lipinski definition) is 1. The fraction of sp³-hybridized carbons (Fsp3) is 0. The van der Waals surface area contributed by atoms with Crippen LogP contribution < -0.4 is 10.5 Å². The van der Waals surface area contributed by atoms with Gasteiger partial charge in [0.15, 0.2) is 11.0 Å². The lowest BCUT2D eigenvalue weighted by molar-refractivity contribution is -0.255. The van der Waals surface area contributed by atoms with Crippen LogP contribution in [0.15, 0.2) is 41.5 Å². The molecule has 6 nitrogen and oxygen atoms in total. The first kappa shape index (κ1) is 13.0. The molecule has 2 rings (SSSR count). The van der Waals surface area contributed by atoms with E-state index < -0.39 is 5.97 Å². The van der Waals surface area contributed by atoms with Crippen molar-refractivity contribution in [2.45, 2.75) is 0 Å². The molecule has 0 aliphatic carbocycles. The van der Waals surface area contributed by atoms with E-state index in [9.17, 15) is 9.90 Å². The Kier molecular flexibility index (Phi) is 4.04. The number of carboxylic acid groups (broad SMARTS) is 1. The van der Waals surface area contributed by atoms with Crippen LogP contribution in [0.2, 0.25) is 5.15 Å². The fourth-order valence-electron chi connectivity index (χ4n) is 1.25. The van der Waals surface area contributed by atoms with E-state index in [2.05, 4.69) is 20.7 Å². The highest BCUT2D eigenvalue weighted by atomic mass is 35.5. The maximum atomic E-state index is 10.6. The summed E-state index contributed by atoms with van der Waals surface area (Å²) in [6.07, 6.45) is 1.52. The number of anilines is 1. The summed E-state index contributed by atoms with van der Waals surface area (Å²) in [5.41, 5.74) is 3.52. The second-order valence-corrected chi connectivity index (χ2v) is 3.91. The van der Waals surface area contributed by atoms with Gasteiger partial charge >= 0.3 is 0 Å². The van der Waals surface area contributed by atoms with Gasteiger partial charge in [-0.25, -0.2) is 0 Å². The summed E-state index contributed by atoms with van der Waals surface area (Å²) in [7, 11) is 0. The van der Waals surface area contributed by atoms with Gasteiger partial charge in [0.2, 0.25) is 0 Å². The second-order valence-electron chi connectivity index (χ2n) is 3.52. The number of halogens is 1. The summed E-state index contributed by atoms with van der Waals surface area (Å²) in [5.74, 6) is -0.759. The second kappa shape index (κ2) is 5.92. The third-order valence-corrected chi connectivity index (χ3v) is 2.37. The number of nitrogens with one attached hydrogen (secondary N) is 1. The first-order valence-electron chi connectivity index (χ1n) is 5.25. The minimum absolute atomic E-state index is 0.119. The van der Waals surface area contributed by atoms with Crippen molar-refractivity contribution in [2.75, 3.05) is 5.43 Å². The third kappa shape index (κ3) is 3.75. The summed E-state index contributed by atoms with van der Waals surface area (Å²) in [6, 6.07) is 9.33. The Bertz CT molecular complexity index is 596. The molecular formula is C12H8ClN4O2-. The molecule has 0 amide bonds. The van der Waals surface area contributed by atoms with Crippen molar-refractivity contribution >= 4 is 29.6 Å². The van der Waals surface area contributed by atoms with Crippen molar-refractivity contribution in [3.63, 3.8) is 0 Å². The van der Waals surface area contributed by atoms with Crippen LogP contribution in [0.4, 0.5) is 5.82 Å². The molecule has 2 aromatic rings. The van der Waals surface area contributed by atoms with E-state index in [1.807, 2.05) is 0 Å². The topological polar surface area (TPSA) is 90.3 Å². The maximum absolute atomic E-state index is 10.6. The molecule has 19 heavy (non-hydrogen) atoms. The number of nitrogens with zero attached hydrogens (tertiary/aromatic N) is 3. The smallest absolute Gasteiger partial charge is 0.168 e. The molecule has 0 bridgehead atoms. The first-order valence-corrected chi connectivity index (χ1v) is 5.62. The first-order chi connectivity index (χ1) is 9.15. The van der Waals surface area contributed by atoms with Gasteiger partial charge in [-0.2, -0.15) is 5.10 Å². The van der Waals surface area contributed by atoms with Crippen molar-refractivity contribution in [3.8, 4) is 0 Å². The van der Waals surface area contributed by atoms with E-state index in [0.717, 1.165) is 5.56 Å². The SMILES string of the molecule is O=C([O-])c1ccc(/C=N\Nc2ccc(Cl)nn2)cc1. The van der Waals surface area contributed by atoms with E-state index in [0.29, 0.717) is 11.0 Å². The number of benzene rings is 1. The fourth-order valence-corrected chi connectivity index (χ4v) is 1.35. The summed E-state index contributed by atoms with van der Waals surface area (Å²) < 4.78 is 0. The lowest BCUT2D eigenvalue weighted by atomic mass is 10.1. The van der Waals surface area contributed by atoms with Crippen LogP contribution in [0.3, 0.4) is 0 Å². The standard InChI is InChI=1S/C12H9ClN4O2/c13-10-5-6-11(17-15-10)16-14-7-8-1-3-9(4-2-8)12(18)19/h1-7H,(H,16,17)(H,18,19)/p-1/b14-7-. The van der Waals surface area contributed by atoms with E-state index >= 15 is 0 Å². The average molecular weight is 276 g/mol. The Balaban J connectivity index is 1.98. The molecule has 1 aromatic heterocycles. The Morgan fingerprint density at radius 1 is 1.21 bits per heavy atom. The van der Waals surface area contributed by atoms with Crippen molar-refractivity contribution in [1.82, 2.24) is 10.2 Å². The largest absolute Gasteiger partial charge is 0.545 e. The number of aromatic carboxylic acids is 1. The molecule has 96 valence electrons. The molecule has 1 heterocycles. The van der Waals surface area contributed by atoms with E-state index in [1.54, 1.807) is 24.3 Å². The molecule has 0 unspecified atom stereocenters. The highest BCUT2D eigenvalue weighted by molar-refractivity contribution is 6.29. The van der Waals surface area contributed by atoms with E-state index in [-0.39, 0.29) is 5.56 Å². The molecule has 1 aromatic carbocycles. The zero-order valence-electron chi connectivity index (χ0n) is 9.58. The lowest BCUT2D eigenvalue weighted by Gasteiger charge is -2.01. The number of hydrogen-bond acceptors (Lipinski definition) is 6. The Hall–Kier alpha value is -2.47. The molecule has 0 saturated carbocycles. The molecular weight excluding hydrogens is 268 g/mol. The van der Waals surface area contributed by atoms with E-state index in [1.165, 1.54) is 18.3 Å². The Labute approximate surface area is 113 Å². The average Bonchev–Trinajstić information content (AvgIpc) is 2.41. The van der Waals surface area contributed by atoms with Gasteiger partial charge in [-0.15, -0.1) is 10.2 Å². The van der Waals surface area contributed by atoms with Gasteiger partial charge < -0.3 is 9.90 Å². The summed E-state index contributed by atoms with van der Waals surface area (Å²) in [4.78, 5) is 10.6. The van der Waals surface area contributed by atoms with Crippen molar-refractivity contribution in [3.05, 3.63) is 52.7 Å². The third-order valence-electron chi connectivity index (χ3n) is 2.17. The highest BCUT2D eigenvalue weighted by Gasteiger charge is 1.94.